The lowest BCUT2D eigenvalue weighted by atomic mass is 9.99. The maximum Gasteiger partial charge on any atom is 0.321 e. The van der Waals surface area contributed by atoms with Gasteiger partial charge in [0.1, 0.15) is 4.75 Å². The Bertz CT molecular complexity index is 661. The van der Waals surface area contributed by atoms with E-state index >= 15 is 0 Å². The molecule has 3 heterocycles. The van der Waals surface area contributed by atoms with Crippen LogP contribution in [0.3, 0.4) is 0 Å². The van der Waals surface area contributed by atoms with Gasteiger partial charge in [-0.25, -0.2) is 10.2 Å². The van der Waals surface area contributed by atoms with Crippen molar-refractivity contribution in [2.45, 2.75) is 82.5 Å². The molecule has 4 rings (SSSR count). The van der Waals surface area contributed by atoms with Gasteiger partial charge in [-0.1, -0.05) is 56.1 Å². The number of carbonyl (C=O) groups is 1. The van der Waals surface area contributed by atoms with Crippen molar-refractivity contribution in [3.63, 3.8) is 0 Å². The molecule has 1 atom stereocenters. The molecule has 0 bridgehead atoms. The van der Waals surface area contributed by atoms with E-state index in [4.69, 9.17) is 20.1 Å². The van der Waals surface area contributed by atoms with E-state index in [1.807, 2.05) is 32.0 Å². The van der Waals surface area contributed by atoms with E-state index in [1.165, 1.54) is 23.9 Å². The van der Waals surface area contributed by atoms with Crippen LogP contribution in [0.25, 0.3) is 0 Å². The molecule has 1 aromatic rings. The van der Waals surface area contributed by atoms with Crippen LogP contribution in [-0.2, 0) is 30.4 Å². The molecule has 1 aromatic carbocycles. The highest BCUT2D eigenvalue weighted by molar-refractivity contribution is 7.99. The average Bonchev–Trinajstić information content (AvgIpc) is 2.91. The van der Waals surface area contributed by atoms with Crippen LogP contribution in [0.1, 0.15) is 64.4 Å². The number of rotatable bonds is 7. The number of hydrogen-bond acceptors (Lipinski definition) is 8. The number of benzene rings is 1. The molecule has 3 aliphatic rings. The Labute approximate surface area is 208 Å². The Hall–Kier alpha value is -1.20. The molecule has 3 saturated heterocycles. The van der Waals surface area contributed by atoms with Gasteiger partial charge >= 0.3 is 5.97 Å². The van der Waals surface area contributed by atoms with Crippen molar-refractivity contribution >= 4 is 17.9 Å². The zero-order chi connectivity index (χ0) is 24.7. The maximum absolute atomic E-state index is 11.7. The number of hydrogen-bond donors (Lipinski definition) is 2. The summed E-state index contributed by atoms with van der Waals surface area (Å²) in [4.78, 5) is 16.2. The smallest absolute Gasteiger partial charge is 0.321 e. The number of nitrogens with two attached hydrogens (primary N) is 1. The Morgan fingerprint density at radius 2 is 1.79 bits per heavy atom. The zero-order valence-corrected chi connectivity index (χ0v) is 21.5. The number of ether oxygens (including phenoxy) is 3. The fourth-order valence-corrected chi connectivity index (χ4v) is 5.30. The molecule has 8 nitrogen and oxygen atoms in total. The predicted molar refractivity (Wildman–Crippen MR) is 134 cm³/mol. The van der Waals surface area contributed by atoms with Crippen LogP contribution < -0.4 is 5.90 Å². The lowest BCUT2D eigenvalue weighted by Crippen LogP contribution is -2.45. The van der Waals surface area contributed by atoms with Crippen LogP contribution in [0, 0.1) is 0 Å². The molecule has 34 heavy (non-hydrogen) atoms. The monoisotopic (exact) mass is 498 g/mol. The summed E-state index contributed by atoms with van der Waals surface area (Å²) >= 11 is 1.51. The second-order valence-electron chi connectivity index (χ2n) is 8.36. The first-order valence-electron chi connectivity index (χ1n) is 12.5. The highest BCUT2D eigenvalue weighted by Gasteiger charge is 2.43. The highest BCUT2D eigenvalue weighted by Crippen LogP contribution is 2.39. The van der Waals surface area contributed by atoms with Crippen LogP contribution >= 0.6 is 11.9 Å². The van der Waals surface area contributed by atoms with E-state index in [0.717, 1.165) is 45.4 Å². The summed E-state index contributed by atoms with van der Waals surface area (Å²) in [5, 5.41) is 9.65. The molecule has 1 unspecified atom stereocenters. The van der Waals surface area contributed by atoms with E-state index in [9.17, 15) is 9.90 Å². The Balaban J connectivity index is 0.000000343. The second kappa shape index (κ2) is 16.5. The van der Waals surface area contributed by atoms with Crippen molar-refractivity contribution in [1.82, 2.24) is 4.31 Å². The number of carboxylic acid groups (broad SMARTS) is 1. The minimum atomic E-state index is -0.712. The molecule has 0 aromatic heterocycles. The van der Waals surface area contributed by atoms with Gasteiger partial charge in [0.15, 0.2) is 6.29 Å². The SMILES string of the molecule is CC.NOC1CCCCO1.O=C(O)C1(SN2CCC(OCc3ccccc3)CC2)CCOCC1. The largest absolute Gasteiger partial charge is 0.480 e. The topological polar surface area (TPSA) is 103 Å². The van der Waals surface area contributed by atoms with Gasteiger partial charge in [0, 0.05) is 39.3 Å². The number of piperidine rings is 1. The highest BCUT2D eigenvalue weighted by atomic mass is 32.2. The third kappa shape index (κ3) is 9.81. The van der Waals surface area contributed by atoms with Crippen molar-refractivity contribution < 1.29 is 28.9 Å². The minimum Gasteiger partial charge on any atom is -0.480 e. The van der Waals surface area contributed by atoms with Crippen LogP contribution in [0.15, 0.2) is 30.3 Å². The van der Waals surface area contributed by atoms with Crippen molar-refractivity contribution in [3.8, 4) is 0 Å². The summed E-state index contributed by atoms with van der Waals surface area (Å²) in [6.45, 7) is 8.27. The summed E-state index contributed by atoms with van der Waals surface area (Å²) in [6.07, 6.45) is 6.44. The lowest BCUT2D eigenvalue weighted by molar-refractivity contribution is -0.164. The van der Waals surface area contributed by atoms with Gasteiger partial charge in [-0.05, 0) is 44.1 Å². The number of aliphatic carboxylic acids is 1. The predicted octanol–water partition coefficient (Wildman–Crippen LogP) is 4.38. The van der Waals surface area contributed by atoms with Crippen LogP contribution in [0.2, 0.25) is 0 Å². The molecule has 3 fully saturated rings. The summed E-state index contributed by atoms with van der Waals surface area (Å²) in [5.41, 5.74) is 1.20. The van der Waals surface area contributed by atoms with E-state index in [0.29, 0.717) is 32.7 Å². The molecule has 0 aliphatic carbocycles. The molecular formula is C25H42N2O6S. The zero-order valence-electron chi connectivity index (χ0n) is 20.7. The number of nitrogens with zero attached hydrogens (tertiary/aromatic N) is 1. The Kier molecular flexibility index (Phi) is 14.1. The molecule has 0 spiro atoms. The van der Waals surface area contributed by atoms with E-state index < -0.39 is 10.7 Å². The molecule has 3 N–H and O–H groups in total. The number of carboxylic acids is 1. The average molecular weight is 499 g/mol. The Morgan fingerprint density at radius 3 is 2.32 bits per heavy atom. The molecule has 3 aliphatic heterocycles. The standard InChI is InChI=1S/C18H25NO4S.C5H11NO2.C2H6/c20-17(21)18(8-12-22-13-9-18)24-19-10-6-16(7-11-19)23-14-15-4-2-1-3-5-15;6-8-5-3-1-2-4-7-5;1-2/h1-5,16H,6-14H2,(H,20,21);5H,1-4,6H2;1-2H3. The van der Waals surface area contributed by atoms with Gasteiger partial charge in [-0.15, -0.1) is 0 Å². The summed E-state index contributed by atoms with van der Waals surface area (Å²) in [6, 6.07) is 10.2. The molecule has 9 heteroatoms. The second-order valence-corrected chi connectivity index (χ2v) is 9.84. The first kappa shape index (κ1) is 29.0. The summed E-state index contributed by atoms with van der Waals surface area (Å²) in [7, 11) is 0. The summed E-state index contributed by atoms with van der Waals surface area (Å²) in [5.74, 6) is 4.17. The molecular weight excluding hydrogens is 456 g/mol. The van der Waals surface area contributed by atoms with Gasteiger partial charge in [-0.2, -0.15) is 0 Å². The third-order valence-corrected chi connectivity index (χ3v) is 7.57. The minimum absolute atomic E-state index is 0.135. The molecule has 0 saturated carbocycles. The van der Waals surface area contributed by atoms with Crippen molar-refractivity contribution in [2.24, 2.45) is 5.90 Å². The fraction of sp³-hybridized carbons (Fsp3) is 0.720. The van der Waals surface area contributed by atoms with E-state index in [2.05, 4.69) is 21.3 Å². The first-order valence-corrected chi connectivity index (χ1v) is 13.3. The third-order valence-electron chi connectivity index (χ3n) is 6.01. The lowest BCUT2D eigenvalue weighted by Gasteiger charge is -2.39. The first-order chi connectivity index (χ1) is 16.6. The van der Waals surface area contributed by atoms with Crippen LogP contribution in [-0.4, -0.2) is 65.4 Å². The Morgan fingerprint density at radius 1 is 1.12 bits per heavy atom. The van der Waals surface area contributed by atoms with E-state index in [1.54, 1.807) is 0 Å². The van der Waals surface area contributed by atoms with Crippen LogP contribution in [0.5, 0.6) is 0 Å². The van der Waals surface area contributed by atoms with Crippen molar-refractivity contribution in [1.29, 1.82) is 0 Å². The van der Waals surface area contributed by atoms with Crippen molar-refractivity contribution in [2.75, 3.05) is 32.9 Å². The molecule has 0 radical (unpaired) electrons. The van der Waals surface area contributed by atoms with Gasteiger partial charge in [0.05, 0.1) is 12.7 Å². The molecule has 0 amide bonds. The molecule has 194 valence electrons. The van der Waals surface area contributed by atoms with Crippen LogP contribution in [0.4, 0.5) is 0 Å². The maximum atomic E-state index is 11.7. The normalized spacial score (nSPS) is 23.1. The van der Waals surface area contributed by atoms with Crippen molar-refractivity contribution in [3.05, 3.63) is 35.9 Å². The van der Waals surface area contributed by atoms with Gasteiger partial charge in [-0.3, -0.25) is 9.63 Å². The fourth-order valence-electron chi connectivity index (χ4n) is 3.99. The van der Waals surface area contributed by atoms with Gasteiger partial charge in [0.25, 0.3) is 0 Å². The van der Waals surface area contributed by atoms with E-state index in [-0.39, 0.29) is 12.4 Å². The summed E-state index contributed by atoms with van der Waals surface area (Å²) < 4.78 is 17.9. The van der Waals surface area contributed by atoms with Gasteiger partial charge in [0.2, 0.25) is 0 Å². The quantitative estimate of drug-likeness (QED) is 0.419. The van der Waals surface area contributed by atoms with Gasteiger partial charge < -0.3 is 19.3 Å².